The minimum atomic E-state index is -0.160. The zero-order valence-corrected chi connectivity index (χ0v) is 16.8. The number of piperazine rings is 1. The third-order valence-electron chi connectivity index (χ3n) is 5.19. The van der Waals surface area contributed by atoms with Crippen molar-refractivity contribution in [3.05, 3.63) is 88.2 Å². The van der Waals surface area contributed by atoms with E-state index in [4.69, 9.17) is 23.2 Å². The molecule has 4 rings (SSSR count). The summed E-state index contributed by atoms with van der Waals surface area (Å²) in [7, 11) is 0. The first kappa shape index (κ1) is 19.1. The molecule has 0 amide bonds. The number of halogens is 2. The van der Waals surface area contributed by atoms with E-state index < -0.39 is 0 Å². The number of phenols is 1. The van der Waals surface area contributed by atoms with E-state index >= 15 is 0 Å². The second-order valence-corrected chi connectivity index (χ2v) is 7.70. The Kier molecular flexibility index (Phi) is 5.72. The highest BCUT2D eigenvalue weighted by molar-refractivity contribution is 6.31. The second-order valence-electron chi connectivity index (χ2n) is 6.86. The Hall–Kier alpha value is -2.27. The maximum atomic E-state index is 10.6. The van der Waals surface area contributed by atoms with Crippen molar-refractivity contribution in [1.29, 1.82) is 0 Å². The predicted octanol–water partition coefficient (Wildman–Crippen LogP) is 5.01. The molecule has 0 radical (unpaired) electrons. The average molecular weight is 414 g/mol. The molecule has 1 atom stereocenters. The lowest BCUT2D eigenvalue weighted by atomic mass is 9.95. The number of nitrogens with zero attached hydrogens (tertiary/aromatic N) is 3. The van der Waals surface area contributed by atoms with E-state index in [9.17, 15) is 5.11 Å². The Morgan fingerprint density at radius 3 is 2.29 bits per heavy atom. The zero-order valence-electron chi connectivity index (χ0n) is 15.3. The van der Waals surface area contributed by atoms with E-state index in [1.165, 1.54) is 5.69 Å². The minimum Gasteiger partial charge on any atom is -0.508 e. The molecule has 0 aliphatic carbocycles. The van der Waals surface area contributed by atoms with Crippen LogP contribution < -0.4 is 4.90 Å². The first-order chi connectivity index (χ1) is 13.6. The fraction of sp³-hybridized carbons (Fsp3) is 0.227. The van der Waals surface area contributed by atoms with Crippen LogP contribution in [0.2, 0.25) is 10.0 Å². The number of rotatable bonds is 4. The standard InChI is InChI=1S/C22H21Cl2N3O/c23-16-5-6-21(28)19(15-16)22(18-3-1-2-4-20(18)24)27-13-11-26(12-14-27)17-7-9-25-10-8-17/h1-10,15,22,28H,11-14H2. The highest BCUT2D eigenvalue weighted by Crippen LogP contribution is 2.39. The lowest BCUT2D eigenvalue weighted by Crippen LogP contribution is -2.48. The number of pyridine rings is 1. The predicted molar refractivity (Wildman–Crippen MR) is 114 cm³/mol. The van der Waals surface area contributed by atoms with Crippen LogP contribution in [0.1, 0.15) is 17.2 Å². The topological polar surface area (TPSA) is 39.6 Å². The molecule has 1 fully saturated rings. The molecule has 6 heteroatoms. The molecule has 1 unspecified atom stereocenters. The zero-order chi connectivity index (χ0) is 19.5. The first-order valence-corrected chi connectivity index (χ1v) is 10.0. The Bertz CT molecular complexity index is 944. The largest absolute Gasteiger partial charge is 0.508 e. The molecule has 3 aromatic rings. The van der Waals surface area contributed by atoms with Crippen molar-refractivity contribution in [3.63, 3.8) is 0 Å². The molecule has 1 saturated heterocycles. The Balaban J connectivity index is 1.65. The van der Waals surface area contributed by atoms with E-state index in [1.807, 2.05) is 54.9 Å². The van der Waals surface area contributed by atoms with Gasteiger partial charge in [-0.1, -0.05) is 41.4 Å². The van der Waals surface area contributed by atoms with Crippen LogP contribution in [-0.4, -0.2) is 41.2 Å². The summed E-state index contributed by atoms with van der Waals surface area (Å²) >= 11 is 12.8. The SMILES string of the molecule is Oc1ccc(Cl)cc1C(c1ccccc1Cl)N1CCN(c2ccncc2)CC1. The number of aromatic nitrogens is 1. The van der Waals surface area contributed by atoms with Gasteiger partial charge in [-0.05, 0) is 42.0 Å². The smallest absolute Gasteiger partial charge is 0.120 e. The van der Waals surface area contributed by atoms with Crippen molar-refractivity contribution in [2.24, 2.45) is 0 Å². The third-order valence-corrected chi connectivity index (χ3v) is 5.77. The molecule has 0 bridgehead atoms. The number of hydrogen-bond donors (Lipinski definition) is 1. The fourth-order valence-corrected chi connectivity index (χ4v) is 4.21. The van der Waals surface area contributed by atoms with Gasteiger partial charge in [-0.3, -0.25) is 9.88 Å². The van der Waals surface area contributed by atoms with Crippen molar-refractivity contribution >= 4 is 28.9 Å². The summed E-state index contributed by atoms with van der Waals surface area (Å²) in [6.45, 7) is 3.44. The highest BCUT2D eigenvalue weighted by atomic mass is 35.5. The molecule has 1 aromatic heterocycles. The summed E-state index contributed by atoms with van der Waals surface area (Å²) in [5.74, 6) is 0.228. The van der Waals surface area contributed by atoms with Gasteiger partial charge < -0.3 is 10.0 Å². The first-order valence-electron chi connectivity index (χ1n) is 9.25. The van der Waals surface area contributed by atoms with E-state index in [-0.39, 0.29) is 11.8 Å². The quantitative estimate of drug-likeness (QED) is 0.652. The summed E-state index contributed by atoms with van der Waals surface area (Å²) in [4.78, 5) is 8.80. The van der Waals surface area contributed by atoms with E-state index in [1.54, 1.807) is 12.1 Å². The molecular weight excluding hydrogens is 393 g/mol. The molecule has 2 heterocycles. The molecule has 2 aromatic carbocycles. The van der Waals surface area contributed by atoms with Crippen molar-refractivity contribution < 1.29 is 5.11 Å². The second kappa shape index (κ2) is 8.39. The molecular formula is C22H21Cl2N3O. The van der Waals surface area contributed by atoms with Crippen LogP contribution in [0, 0.1) is 0 Å². The number of benzene rings is 2. The Labute approximate surface area is 175 Å². The van der Waals surface area contributed by atoms with E-state index in [0.717, 1.165) is 37.3 Å². The summed E-state index contributed by atoms with van der Waals surface area (Å²) in [5.41, 5.74) is 2.92. The normalized spacial score (nSPS) is 16.1. The van der Waals surface area contributed by atoms with Crippen LogP contribution in [0.4, 0.5) is 5.69 Å². The van der Waals surface area contributed by atoms with Gasteiger partial charge in [0.15, 0.2) is 0 Å². The summed E-state index contributed by atoms with van der Waals surface area (Å²) in [6, 6.07) is 16.9. The van der Waals surface area contributed by atoms with Gasteiger partial charge in [-0.2, -0.15) is 0 Å². The molecule has 28 heavy (non-hydrogen) atoms. The third kappa shape index (κ3) is 3.95. The maximum Gasteiger partial charge on any atom is 0.120 e. The molecule has 1 N–H and O–H groups in total. The molecule has 0 saturated carbocycles. The van der Waals surface area contributed by atoms with Gasteiger partial charge in [0, 0.05) is 59.9 Å². The van der Waals surface area contributed by atoms with Crippen LogP contribution in [-0.2, 0) is 0 Å². The number of phenolic OH excluding ortho intramolecular Hbond substituents is 1. The summed E-state index contributed by atoms with van der Waals surface area (Å²) in [5, 5.41) is 11.9. The lowest BCUT2D eigenvalue weighted by molar-refractivity contribution is 0.209. The van der Waals surface area contributed by atoms with E-state index in [2.05, 4.69) is 14.8 Å². The Morgan fingerprint density at radius 1 is 0.857 bits per heavy atom. The highest BCUT2D eigenvalue weighted by Gasteiger charge is 2.29. The van der Waals surface area contributed by atoms with Gasteiger partial charge in [-0.25, -0.2) is 0 Å². The number of hydrogen-bond acceptors (Lipinski definition) is 4. The number of anilines is 1. The molecule has 1 aliphatic heterocycles. The lowest BCUT2D eigenvalue weighted by Gasteiger charge is -2.41. The van der Waals surface area contributed by atoms with Crippen LogP contribution in [0.25, 0.3) is 0 Å². The minimum absolute atomic E-state index is 0.160. The van der Waals surface area contributed by atoms with Crippen molar-refractivity contribution in [1.82, 2.24) is 9.88 Å². The molecule has 4 nitrogen and oxygen atoms in total. The average Bonchev–Trinajstić information content (AvgIpc) is 2.73. The van der Waals surface area contributed by atoms with Crippen molar-refractivity contribution in [2.45, 2.75) is 6.04 Å². The van der Waals surface area contributed by atoms with Crippen LogP contribution in [0.3, 0.4) is 0 Å². The van der Waals surface area contributed by atoms with Gasteiger partial charge in [0.2, 0.25) is 0 Å². The van der Waals surface area contributed by atoms with Crippen molar-refractivity contribution in [2.75, 3.05) is 31.1 Å². The van der Waals surface area contributed by atoms with Gasteiger partial charge in [0.1, 0.15) is 5.75 Å². The fourth-order valence-electron chi connectivity index (χ4n) is 3.80. The van der Waals surface area contributed by atoms with Crippen LogP contribution >= 0.6 is 23.2 Å². The summed E-state index contributed by atoms with van der Waals surface area (Å²) in [6.07, 6.45) is 3.64. The van der Waals surface area contributed by atoms with Gasteiger partial charge in [-0.15, -0.1) is 0 Å². The van der Waals surface area contributed by atoms with Crippen LogP contribution in [0.15, 0.2) is 67.0 Å². The van der Waals surface area contributed by atoms with Crippen LogP contribution in [0.5, 0.6) is 5.75 Å². The van der Waals surface area contributed by atoms with Gasteiger partial charge in [0.05, 0.1) is 6.04 Å². The van der Waals surface area contributed by atoms with Gasteiger partial charge >= 0.3 is 0 Å². The summed E-state index contributed by atoms with van der Waals surface area (Å²) < 4.78 is 0. The molecule has 0 spiro atoms. The van der Waals surface area contributed by atoms with Crippen molar-refractivity contribution in [3.8, 4) is 5.75 Å². The maximum absolute atomic E-state index is 10.6. The monoisotopic (exact) mass is 413 g/mol. The molecule has 1 aliphatic rings. The Morgan fingerprint density at radius 2 is 1.57 bits per heavy atom. The van der Waals surface area contributed by atoms with E-state index in [0.29, 0.717) is 10.0 Å². The number of aromatic hydroxyl groups is 1. The van der Waals surface area contributed by atoms with Gasteiger partial charge in [0.25, 0.3) is 0 Å². The molecule has 144 valence electrons.